The molecule has 2 aromatic rings. The molecule has 0 spiro atoms. The lowest BCUT2D eigenvalue weighted by Gasteiger charge is -2.07. The molecule has 0 aromatic carbocycles. The van der Waals surface area contributed by atoms with E-state index < -0.39 is 10.0 Å². The van der Waals surface area contributed by atoms with Crippen molar-refractivity contribution < 1.29 is 8.42 Å². The van der Waals surface area contributed by atoms with E-state index in [1.54, 1.807) is 17.7 Å². The standard InChI is InChI=1S/C9H12N6O2S/c1-15-6-12-14-8(15)5-13-18(16,17)9-7(10)3-2-4-11-9/h2-4,6,13H,5,10H2,1H3. The van der Waals surface area contributed by atoms with Crippen LogP contribution in [0.5, 0.6) is 0 Å². The molecule has 2 rings (SSSR count). The van der Waals surface area contributed by atoms with Crippen molar-refractivity contribution in [3.63, 3.8) is 0 Å². The topological polar surface area (TPSA) is 116 Å². The van der Waals surface area contributed by atoms with E-state index in [-0.39, 0.29) is 17.3 Å². The number of hydrogen-bond donors (Lipinski definition) is 2. The Bertz CT molecular complexity index is 651. The van der Waals surface area contributed by atoms with Crippen LogP contribution in [0.1, 0.15) is 5.82 Å². The third kappa shape index (κ3) is 2.46. The molecule has 0 aliphatic carbocycles. The third-order valence-electron chi connectivity index (χ3n) is 2.28. The summed E-state index contributed by atoms with van der Waals surface area (Å²) in [7, 11) is -2.03. The SMILES string of the molecule is Cn1cnnc1CNS(=O)(=O)c1ncccc1N. The number of nitrogens with two attached hydrogens (primary N) is 1. The highest BCUT2D eigenvalue weighted by Crippen LogP contribution is 2.13. The van der Waals surface area contributed by atoms with Gasteiger partial charge < -0.3 is 10.3 Å². The highest BCUT2D eigenvalue weighted by atomic mass is 32.2. The van der Waals surface area contributed by atoms with Gasteiger partial charge in [0.2, 0.25) is 0 Å². The summed E-state index contributed by atoms with van der Waals surface area (Å²) in [5.41, 5.74) is 5.67. The van der Waals surface area contributed by atoms with Crippen LogP contribution < -0.4 is 10.5 Å². The molecule has 0 aliphatic rings. The molecular formula is C9H12N6O2S. The van der Waals surface area contributed by atoms with E-state index >= 15 is 0 Å². The third-order valence-corrected chi connectivity index (χ3v) is 3.66. The zero-order valence-electron chi connectivity index (χ0n) is 9.61. The predicted octanol–water partition coefficient (Wildman–Crippen LogP) is -0.729. The number of sulfonamides is 1. The van der Waals surface area contributed by atoms with Crippen molar-refractivity contribution in [2.45, 2.75) is 11.6 Å². The van der Waals surface area contributed by atoms with Gasteiger partial charge in [0.25, 0.3) is 10.0 Å². The number of rotatable bonds is 4. The molecule has 0 fully saturated rings. The van der Waals surface area contributed by atoms with Crippen molar-refractivity contribution >= 4 is 15.7 Å². The molecule has 0 radical (unpaired) electrons. The summed E-state index contributed by atoms with van der Waals surface area (Å²) in [4.78, 5) is 3.75. The van der Waals surface area contributed by atoms with Crippen LogP contribution in [0.2, 0.25) is 0 Å². The fourth-order valence-electron chi connectivity index (χ4n) is 1.32. The summed E-state index contributed by atoms with van der Waals surface area (Å²) in [6.45, 7) is 0.0227. The number of nitrogen functional groups attached to an aromatic ring is 1. The first-order valence-electron chi connectivity index (χ1n) is 5.04. The lowest BCUT2D eigenvalue weighted by molar-refractivity contribution is 0.574. The summed E-state index contributed by atoms with van der Waals surface area (Å²) in [6.07, 6.45) is 2.85. The van der Waals surface area contributed by atoms with Gasteiger partial charge in [0.15, 0.2) is 5.03 Å². The maximum Gasteiger partial charge on any atom is 0.260 e. The summed E-state index contributed by atoms with van der Waals surface area (Å²) in [5, 5.41) is 7.23. The van der Waals surface area contributed by atoms with Crippen LogP contribution in [0, 0.1) is 0 Å². The molecule has 0 saturated heterocycles. The van der Waals surface area contributed by atoms with Crippen molar-refractivity contribution in [3.8, 4) is 0 Å². The highest BCUT2D eigenvalue weighted by molar-refractivity contribution is 7.89. The first kappa shape index (κ1) is 12.5. The van der Waals surface area contributed by atoms with Crippen LogP contribution in [0.25, 0.3) is 0 Å². The van der Waals surface area contributed by atoms with Crippen LogP contribution in [0.4, 0.5) is 5.69 Å². The van der Waals surface area contributed by atoms with Crippen LogP contribution in [0.3, 0.4) is 0 Å². The van der Waals surface area contributed by atoms with Crippen molar-refractivity contribution in [3.05, 3.63) is 30.5 Å². The second-order valence-electron chi connectivity index (χ2n) is 3.58. The van der Waals surface area contributed by atoms with Gasteiger partial charge in [0.1, 0.15) is 12.2 Å². The minimum atomic E-state index is -3.75. The summed E-state index contributed by atoms with van der Waals surface area (Å²) in [5.74, 6) is 0.494. The van der Waals surface area contributed by atoms with E-state index in [2.05, 4.69) is 19.9 Å². The Kier molecular flexibility index (Phi) is 3.26. The first-order chi connectivity index (χ1) is 8.50. The normalized spacial score (nSPS) is 11.6. The molecule has 0 saturated carbocycles. The predicted molar refractivity (Wildman–Crippen MR) is 63.7 cm³/mol. The number of aryl methyl sites for hydroxylation is 1. The zero-order chi connectivity index (χ0) is 13.2. The number of nitrogens with zero attached hydrogens (tertiary/aromatic N) is 4. The van der Waals surface area contributed by atoms with E-state index in [0.717, 1.165) is 0 Å². The Balaban J connectivity index is 2.19. The van der Waals surface area contributed by atoms with E-state index in [4.69, 9.17) is 5.73 Å². The average Bonchev–Trinajstić information content (AvgIpc) is 2.73. The Labute approximate surface area is 104 Å². The number of pyridine rings is 1. The summed E-state index contributed by atoms with van der Waals surface area (Å²) < 4.78 is 27.9. The fourth-order valence-corrected chi connectivity index (χ4v) is 2.36. The Morgan fingerprint density at radius 1 is 1.50 bits per heavy atom. The molecule has 0 amide bonds. The first-order valence-corrected chi connectivity index (χ1v) is 6.52. The molecule has 8 nitrogen and oxygen atoms in total. The lowest BCUT2D eigenvalue weighted by Crippen LogP contribution is -2.26. The van der Waals surface area contributed by atoms with E-state index in [1.807, 2.05) is 0 Å². The molecule has 0 atom stereocenters. The lowest BCUT2D eigenvalue weighted by atomic mass is 10.4. The monoisotopic (exact) mass is 268 g/mol. The molecule has 9 heteroatoms. The smallest absolute Gasteiger partial charge is 0.260 e. The van der Waals surface area contributed by atoms with E-state index in [9.17, 15) is 8.42 Å². The Hall–Kier alpha value is -2.00. The molecular weight excluding hydrogens is 256 g/mol. The van der Waals surface area contributed by atoms with Gasteiger partial charge in [0.05, 0.1) is 12.2 Å². The van der Waals surface area contributed by atoms with Gasteiger partial charge >= 0.3 is 0 Å². The Morgan fingerprint density at radius 2 is 2.28 bits per heavy atom. The van der Waals surface area contributed by atoms with Crippen molar-refractivity contribution in [1.82, 2.24) is 24.5 Å². The molecule has 2 heterocycles. The molecule has 96 valence electrons. The number of hydrogen-bond acceptors (Lipinski definition) is 6. The number of anilines is 1. The molecule has 3 N–H and O–H groups in total. The minimum Gasteiger partial charge on any atom is -0.396 e. The van der Waals surface area contributed by atoms with Crippen molar-refractivity contribution in [2.24, 2.45) is 7.05 Å². The van der Waals surface area contributed by atoms with Crippen LogP contribution in [-0.4, -0.2) is 28.2 Å². The van der Waals surface area contributed by atoms with Gasteiger partial charge in [-0.1, -0.05) is 0 Å². The van der Waals surface area contributed by atoms with E-state index in [0.29, 0.717) is 5.82 Å². The van der Waals surface area contributed by atoms with Gasteiger partial charge in [-0.3, -0.25) is 0 Å². The largest absolute Gasteiger partial charge is 0.396 e. The average molecular weight is 268 g/mol. The summed E-state index contributed by atoms with van der Waals surface area (Å²) in [6, 6.07) is 3.04. The number of nitrogens with one attached hydrogen (secondary N) is 1. The van der Waals surface area contributed by atoms with Gasteiger partial charge in [-0.25, -0.2) is 18.1 Å². The van der Waals surface area contributed by atoms with Crippen LogP contribution in [-0.2, 0) is 23.6 Å². The van der Waals surface area contributed by atoms with E-state index in [1.165, 1.54) is 18.6 Å². The van der Waals surface area contributed by atoms with Gasteiger partial charge in [-0.2, -0.15) is 0 Å². The maximum atomic E-state index is 11.9. The fraction of sp³-hybridized carbons (Fsp3) is 0.222. The van der Waals surface area contributed by atoms with Gasteiger partial charge in [-0.15, -0.1) is 10.2 Å². The molecule has 0 aliphatic heterocycles. The molecule has 2 aromatic heterocycles. The van der Waals surface area contributed by atoms with Crippen LogP contribution in [0.15, 0.2) is 29.7 Å². The second kappa shape index (κ2) is 4.70. The summed E-state index contributed by atoms with van der Waals surface area (Å²) >= 11 is 0. The quantitative estimate of drug-likeness (QED) is 0.755. The maximum absolute atomic E-state index is 11.9. The van der Waals surface area contributed by atoms with Crippen molar-refractivity contribution in [2.75, 3.05) is 5.73 Å². The molecule has 0 unspecified atom stereocenters. The second-order valence-corrected chi connectivity index (χ2v) is 5.26. The Morgan fingerprint density at radius 3 is 2.89 bits per heavy atom. The highest BCUT2D eigenvalue weighted by Gasteiger charge is 2.19. The van der Waals surface area contributed by atoms with Crippen LogP contribution >= 0.6 is 0 Å². The number of aromatic nitrogens is 4. The van der Waals surface area contributed by atoms with Gasteiger partial charge in [-0.05, 0) is 12.1 Å². The van der Waals surface area contributed by atoms with Gasteiger partial charge in [0, 0.05) is 13.2 Å². The zero-order valence-corrected chi connectivity index (χ0v) is 10.4. The minimum absolute atomic E-state index is 0.0227. The van der Waals surface area contributed by atoms with Crippen molar-refractivity contribution in [1.29, 1.82) is 0 Å². The molecule has 18 heavy (non-hydrogen) atoms. The molecule has 0 bridgehead atoms.